The van der Waals surface area contributed by atoms with E-state index in [1.54, 1.807) is 19.2 Å². The van der Waals surface area contributed by atoms with Crippen LogP contribution in [-0.4, -0.2) is 43.7 Å². The first-order chi connectivity index (χ1) is 16.5. The van der Waals surface area contributed by atoms with Crippen molar-refractivity contribution in [1.82, 2.24) is 10.2 Å². The molecular weight excluding hydrogens is 424 g/mol. The van der Waals surface area contributed by atoms with Crippen molar-refractivity contribution in [3.8, 4) is 11.8 Å². The number of nitrogens with zero attached hydrogens (tertiary/aromatic N) is 3. The predicted molar refractivity (Wildman–Crippen MR) is 133 cm³/mol. The number of nitrogens with one attached hydrogen (secondary N) is 1. The third kappa shape index (κ3) is 3.73. The minimum Gasteiger partial charge on any atom is -0.495 e. The molecule has 1 aliphatic heterocycles. The van der Waals surface area contributed by atoms with E-state index >= 15 is 0 Å². The minimum atomic E-state index is -0.180. The molecule has 6 nitrogen and oxygen atoms in total. The molecule has 6 heteroatoms. The van der Waals surface area contributed by atoms with Crippen LogP contribution in [0.1, 0.15) is 56.1 Å². The number of urea groups is 1. The lowest BCUT2D eigenvalue weighted by molar-refractivity contribution is 0.0593. The van der Waals surface area contributed by atoms with Gasteiger partial charge < -0.3 is 15.0 Å². The zero-order chi connectivity index (χ0) is 23.8. The molecule has 2 saturated carbocycles. The van der Waals surface area contributed by atoms with Gasteiger partial charge in [0.1, 0.15) is 5.75 Å². The van der Waals surface area contributed by atoms with Crippen LogP contribution >= 0.6 is 0 Å². The quantitative estimate of drug-likeness (QED) is 0.659. The Balaban J connectivity index is 1.46. The maximum absolute atomic E-state index is 13.9. The monoisotopic (exact) mass is 458 g/mol. The lowest BCUT2D eigenvalue weighted by Gasteiger charge is -2.49. The van der Waals surface area contributed by atoms with E-state index in [2.05, 4.69) is 53.7 Å². The molecule has 1 heterocycles. The Hall–Kier alpha value is -3.04. The summed E-state index contributed by atoms with van der Waals surface area (Å²) in [6, 6.07) is 18.3. The molecule has 34 heavy (non-hydrogen) atoms. The molecule has 2 amide bonds. The highest BCUT2D eigenvalue weighted by atomic mass is 16.5. The Labute approximate surface area is 202 Å². The van der Waals surface area contributed by atoms with Crippen LogP contribution in [0, 0.1) is 17.2 Å². The Bertz CT molecular complexity index is 1080. The molecule has 0 radical (unpaired) electrons. The van der Waals surface area contributed by atoms with Crippen molar-refractivity contribution >= 4 is 11.7 Å². The summed E-state index contributed by atoms with van der Waals surface area (Å²) in [4.78, 5) is 18.0. The zero-order valence-corrected chi connectivity index (χ0v) is 20.2. The predicted octanol–water partition coefficient (Wildman–Crippen LogP) is 5.04. The lowest BCUT2D eigenvalue weighted by Crippen LogP contribution is -2.56. The van der Waals surface area contributed by atoms with Gasteiger partial charge in [0, 0.05) is 18.2 Å². The van der Waals surface area contributed by atoms with Crippen molar-refractivity contribution in [2.75, 3.05) is 32.1 Å². The topological polar surface area (TPSA) is 68.6 Å². The van der Waals surface area contributed by atoms with Gasteiger partial charge in [-0.15, -0.1) is 0 Å². The van der Waals surface area contributed by atoms with E-state index in [9.17, 15) is 10.1 Å². The Kier molecular flexibility index (Phi) is 5.99. The molecule has 2 aromatic rings. The molecule has 0 bridgehead atoms. The number of anilines is 1. The highest BCUT2D eigenvalue weighted by Gasteiger charge is 2.54. The first-order valence-corrected chi connectivity index (χ1v) is 12.5. The van der Waals surface area contributed by atoms with Gasteiger partial charge in [0.25, 0.3) is 0 Å². The van der Waals surface area contributed by atoms with Crippen LogP contribution in [0.5, 0.6) is 5.75 Å². The van der Waals surface area contributed by atoms with Gasteiger partial charge in [0.05, 0.1) is 36.5 Å². The fourth-order valence-electron chi connectivity index (χ4n) is 6.17. The summed E-state index contributed by atoms with van der Waals surface area (Å²) < 4.78 is 5.61. The van der Waals surface area contributed by atoms with Crippen molar-refractivity contribution in [2.24, 2.45) is 5.92 Å². The molecule has 0 aromatic heterocycles. The number of rotatable bonds is 6. The van der Waals surface area contributed by atoms with Gasteiger partial charge in [0.15, 0.2) is 0 Å². The molecule has 2 aromatic carbocycles. The molecule has 2 aliphatic carbocycles. The Morgan fingerprint density at radius 3 is 2.44 bits per heavy atom. The number of hydrogen-bond acceptors (Lipinski definition) is 4. The number of carbonyl (C=O) groups excluding carboxylic acids is 1. The van der Waals surface area contributed by atoms with Gasteiger partial charge in [-0.05, 0) is 69.2 Å². The van der Waals surface area contributed by atoms with Gasteiger partial charge in [-0.25, -0.2) is 4.79 Å². The number of amides is 2. The second-order valence-corrected chi connectivity index (χ2v) is 10.2. The summed E-state index contributed by atoms with van der Waals surface area (Å²) in [5.41, 5.74) is 2.38. The van der Waals surface area contributed by atoms with Crippen molar-refractivity contribution in [3.63, 3.8) is 0 Å². The largest absolute Gasteiger partial charge is 0.495 e. The number of benzene rings is 2. The first kappa shape index (κ1) is 22.7. The smallest absolute Gasteiger partial charge is 0.325 e. The van der Waals surface area contributed by atoms with Gasteiger partial charge in [-0.2, -0.15) is 5.26 Å². The number of carbonyl (C=O) groups is 1. The van der Waals surface area contributed by atoms with E-state index in [1.807, 2.05) is 11.0 Å². The summed E-state index contributed by atoms with van der Waals surface area (Å²) in [7, 11) is 3.66. The van der Waals surface area contributed by atoms with Crippen LogP contribution < -0.4 is 15.0 Å². The van der Waals surface area contributed by atoms with Crippen LogP contribution in [0.2, 0.25) is 0 Å². The van der Waals surface area contributed by atoms with Crippen molar-refractivity contribution in [3.05, 3.63) is 59.7 Å². The molecule has 1 saturated heterocycles. The number of nitriles is 1. The van der Waals surface area contributed by atoms with Gasteiger partial charge in [0.2, 0.25) is 0 Å². The Morgan fingerprint density at radius 2 is 1.85 bits per heavy atom. The van der Waals surface area contributed by atoms with E-state index in [0.29, 0.717) is 23.8 Å². The average Bonchev–Trinajstić information content (AvgIpc) is 3.13. The fourth-order valence-corrected chi connectivity index (χ4v) is 6.17. The van der Waals surface area contributed by atoms with Gasteiger partial charge >= 0.3 is 6.03 Å². The fraction of sp³-hybridized carbons (Fsp3) is 0.500. The zero-order valence-electron chi connectivity index (χ0n) is 20.2. The molecule has 0 unspecified atom stereocenters. The van der Waals surface area contributed by atoms with Crippen LogP contribution in [0.3, 0.4) is 0 Å². The summed E-state index contributed by atoms with van der Waals surface area (Å²) in [5, 5.41) is 12.9. The van der Waals surface area contributed by atoms with E-state index in [-0.39, 0.29) is 17.1 Å². The normalized spacial score (nSPS) is 27.0. The minimum absolute atomic E-state index is 0.0583. The van der Waals surface area contributed by atoms with Crippen LogP contribution in [-0.2, 0) is 5.54 Å². The maximum atomic E-state index is 13.9. The van der Waals surface area contributed by atoms with E-state index in [4.69, 9.17) is 4.74 Å². The highest BCUT2D eigenvalue weighted by molar-refractivity contribution is 5.97. The molecule has 1 N–H and O–H groups in total. The summed E-state index contributed by atoms with van der Waals surface area (Å²) in [6.07, 6.45) is 7.58. The summed E-state index contributed by atoms with van der Waals surface area (Å²) >= 11 is 0. The SMILES string of the molecule is CN[C@]1(c2ccccc2)CC[C@]2(CC1)CN(c1ccc(C#N)cc1OC)C(=O)N2CC1CCC1. The van der Waals surface area contributed by atoms with Crippen molar-refractivity contribution < 1.29 is 9.53 Å². The molecule has 3 aliphatic rings. The molecule has 5 rings (SSSR count). The highest BCUT2D eigenvalue weighted by Crippen LogP contribution is 2.49. The number of methoxy groups -OCH3 is 1. The van der Waals surface area contributed by atoms with Crippen LogP contribution in [0.4, 0.5) is 10.5 Å². The summed E-state index contributed by atoms with van der Waals surface area (Å²) in [5.74, 6) is 1.19. The second-order valence-electron chi connectivity index (χ2n) is 10.2. The van der Waals surface area contributed by atoms with Gasteiger partial charge in [-0.1, -0.05) is 36.8 Å². The van der Waals surface area contributed by atoms with E-state index in [1.165, 1.54) is 24.8 Å². The Morgan fingerprint density at radius 1 is 1.12 bits per heavy atom. The van der Waals surface area contributed by atoms with Crippen molar-refractivity contribution in [2.45, 2.75) is 56.0 Å². The van der Waals surface area contributed by atoms with Gasteiger partial charge in [-0.3, -0.25) is 4.90 Å². The maximum Gasteiger partial charge on any atom is 0.325 e. The van der Waals surface area contributed by atoms with Crippen LogP contribution in [0.15, 0.2) is 48.5 Å². The van der Waals surface area contributed by atoms with E-state index in [0.717, 1.165) is 37.9 Å². The van der Waals surface area contributed by atoms with Crippen LogP contribution in [0.25, 0.3) is 0 Å². The first-order valence-electron chi connectivity index (χ1n) is 12.5. The summed E-state index contributed by atoms with van der Waals surface area (Å²) in [6.45, 7) is 1.50. The standard InChI is InChI=1S/C28H34N4O2/c1-30-28(23-9-4-3-5-10-23)15-13-27(14-16-28)20-31(26(33)32(27)19-21-7-6-8-21)24-12-11-22(18-29)17-25(24)34-2/h3-5,9-12,17,21,30H,6-8,13-16,19-20H2,1-2H3/t27-,28+. The number of hydrogen-bond donors (Lipinski definition) is 1. The second kappa shape index (κ2) is 8.96. The molecular formula is C28H34N4O2. The molecule has 3 fully saturated rings. The third-order valence-electron chi connectivity index (χ3n) is 8.59. The average molecular weight is 459 g/mol. The molecule has 1 spiro atoms. The molecule has 0 atom stereocenters. The number of ether oxygens (including phenoxy) is 1. The molecule has 178 valence electrons. The van der Waals surface area contributed by atoms with E-state index < -0.39 is 0 Å². The lowest BCUT2D eigenvalue weighted by atomic mass is 9.68. The third-order valence-corrected chi connectivity index (χ3v) is 8.59. The van der Waals surface area contributed by atoms with Crippen molar-refractivity contribution in [1.29, 1.82) is 5.26 Å².